The van der Waals surface area contributed by atoms with Crippen molar-refractivity contribution in [1.29, 1.82) is 0 Å². The van der Waals surface area contributed by atoms with Gasteiger partial charge >= 0.3 is 5.97 Å². The van der Waals surface area contributed by atoms with E-state index in [-0.39, 0.29) is 17.9 Å². The first-order valence-electron chi connectivity index (χ1n) is 7.14. The minimum Gasteiger partial charge on any atom is -0.465 e. The van der Waals surface area contributed by atoms with Crippen molar-refractivity contribution in [2.75, 3.05) is 26.1 Å². The number of nitrogens with zero attached hydrogens (tertiary/aromatic N) is 1. The summed E-state index contributed by atoms with van der Waals surface area (Å²) in [6, 6.07) is 5.37. The van der Waals surface area contributed by atoms with Crippen LogP contribution in [0.2, 0.25) is 0 Å². The third-order valence-corrected chi connectivity index (χ3v) is 5.57. The van der Waals surface area contributed by atoms with E-state index in [2.05, 4.69) is 10.3 Å². The first-order valence-corrected chi connectivity index (χ1v) is 8.95. The Bertz CT molecular complexity index is 725. The topological polar surface area (TPSA) is 77.5 Å². The third-order valence-electron chi connectivity index (χ3n) is 3.41. The molecule has 1 aliphatic rings. The van der Waals surface area contributed by atoms with Gasteiger partial charge in [-0.25, -0.2) is 9.78 Å². The minimum absolute atomic E-state index is 0.0139. The van der Waals surface area contributed by atoms with E-state index in [1.54, 1.807) is 18.2 Å². The molecule has 6 nitrogen and oxygen atoms in total. The number of thiazole rings is 1. The van der Waals surface area contributed by atoms with E-state index in [1.165, 1.54) is 30.2 Å². The molecule has 0 aliphatic carbocycles. The summed E-state index contributed by atoms with van der Waals surface area (Å²) in [7, 11) is 1.36. The molecule has 0 spiro atoms. The Balaban J connectivity index is 1.61. The van der Waals surface area contributed by atoms with Crippen molar-refractivity contribution < 1.29 is 19.1 Å². The van der Waals surface area contributed by atoms with Gasteiger partial charge in [0.05, 0.1) is 41.3 Å². The number of carbonyl (C=O) groups excluding carboxylic acids is 2. The quantitative estimate of drug-likeness (QED) is 0.656. The monoisotopic (exact) mass is 352 g/mol. The number of amides is 1. The number of carbonyl (C=O) groups is 2. The second-order valence-electron chi connectivity index (χ2n) is 5.07. The summed E-state index contributed by atoms with van der Waals surface area (Å²) in [5.74, 6) is -0.0622. The first kappa shape index (κ1) is 16.2. The van der Waals surface area contributed by atoms with Gasteiger partial charge in [-0.3, -0.25) is 4.79 Å². The van der Waals surface area contributed by atoms with Crippen LogP contribution in [-0.4, -0.2) is 49.0 Å². The first-order chi connectivity index (χ1) is 11.2. The number of hydrogen-bond donors (Lipinski definition) is 1. The van der Waals surface area contributed by atoms with Gasteiger partial charge in [0.15, 0.2) is 4.34 Å². The zero-order valence-electron chi connectivity index (χ0n) is 12.5. The van der Waals surface area contributed by atoms with Gasteiger partial charge in [-0.2, -0.15) is 0 Å². The number of esters is 1. The Morgan fingerprint density at radius 3 is 3.13 bits per heavy atom. The van der Waals surface area contributed by atoms with Crippen LogP contribution in [0.5, 0.6) is 0 Å². The normalized spacial score (nSPS) is 17.3. The number of aromatic nitrogens is 1. The molecule has 1 aromatic carbocycles. The minimum atomic E-state index is -0.368. The van der Waals surface area contributed by atoms with Crippen LogP contribution in [0.25, 0.3) is 10.2 Å². The van der Waals surface area contributed by atoms with E-state index >= 15 is 0 Å². The van der Waals surface area contributed by atoms with Crippen LogP contribution in [0.3, 0.4) is 0 Å². The van der Waals surface area contributed by atoms with Gasteiger partial charge in [-0.15, -0.1) is 11.3 Å². The number of ether oxygens (including phenoxy) is 2. The maximum Gasteiger partial charge on any atom is 0.337 e. The summed E-state index contributed by atoms with van der Waals surface area (Å²) in [5, 5.41) is 2.95. The highest BCUT2D eigenvalue weighted by Crippen LogP contribution is 2.30. The molecule has 1 aromatic heterocycles. The highest BCUT2D eigenvalue weighted by atomic mass is 32.2. The molecule has 1 amide bonds. The van der Waals surface area contributed by atoms with Gasteiger partial charge in [0, 0.05) is 6.61 Å². The van der Waals surface area contributed by atoms with E-state index in [4.69, 9.17) is 9.47 Å². The average Bonchev–Trinajstić information content (AvgIpc) is 3.20. The molecular weight excluding hydrogens is 336 g/mol. The molecule has 1 saturated heterocycles. The summed E-state index contributed by atoms with van der Waals surface area (Å²) >= 11 is 2.86. The Morgan fingerprint density at radius 2 is 2.39 bits per heavy atom. The Morgan fingerprint density at radius 1 is 1.52 bits per heavy atom. The van der Waals surface area contributed by atoms with E-state index < -0.39 is 0 Å². The van der Waals surface area contributed by atoms with Crippen LogP contribution in [0.1, 0.15) is 16.8 Å². The lowest BCUT2D eigenvalue weighted by Crippen LogP contribution is -2.36. The number of benzene rings is 1. The Labute approximate surface area is 141 Å². The second-order valence-corrected chi connectivity index (χ2v) is 7.32. The summed E-state index contributed by atoms with van der Waals surface area (Å²) in [6.45, 7) is 1.30. The smallest absolute Gasteiger partial charge is 0.337 e. The lowest BCUT2D eigenvalue weighted by atomic mass is 10.2. The van der Waals surface area contributed by atoms with Gasteiger partial charge < -0.3 is 14.8 Å². The van der Waals surface area contributed by atoms with E-state index in [9.17, 15) is 9.59 Å². The molecule has 8 heteroatoms. The fourth-order valence-corrected chi connectivity index (χ4v) is 4.17. The number of thioether (sulfide) groups is 1. The fourth-order valence-electron chi connectivity index (χ4n) is 2.26. The number of methoxy groups -OCH3 is 1. The largest absolute Gasteiger partial charge is 0.465 e. The van der Waals surface area contributed by atoms with Crippen molar-refractivity contribution in [3.63, 3.8) is 0 Å². The molecule has 1 aliphatic heterocycles. The second kappa shape index (κ2) is 7.29. The summed E-state index contributed by atoms with van der Waals surface area (Å²) in [6.07, 6.45) is 0.869. The number of hydrogen-bond acceptors (Lipinski definition) is 7. The molecule has 2 aromatic rings. The molecule has 0 bridgehead atoms. The summed E-state index contributed by atoms with van der Waals surface area (Å²) < 4.78 is 11.7. The number of nitrogens with one attached hydrogen (secondary N) is 1. The van der Waals surface area contributed by atoms with Gasteiger partial charge in [0.1, 0.15) is 0 Å². The van der Waals surface area contributed by atoms with Gasteiger partial charge in [0.2, 0.25) is 5.91 Å². The lowest BCUT2D eigenvalue weighted by Gasteiger charge is -2.09. The van der Waals surface area contributed by atoms with Gasteiger partial charge in [-0.05, 0) is 24.6 Å². The van der Waals surface area contributed by atoms with Crippen molar-refractivity contribution in [1.82, 2.24) is 10.3 Å². The molecular formula is C15H16N2O4S2. The zero-order chi connectivity index (χ0) is 16.2. The van der Waals surface area contributed by atoms with E-state index in [0.29, 0.717) is 24.5 Å². The molecule has 0 radical (unpaired) electrons. The predicted molar refractivity (Wildman–Crippen MR) is 89.1 cm³/mol. The van der Waals surface area contributed by atoms with Crippen LogP contribution >= 0.6 is 23.1 Å². The molecule has 1 N–H and O–H groups in total. The van der Waals surface area contributed by atoms with Crippen molar-refractivity contribution in [3.8, 4) is 0 Å². The summed E-state index contributed by atoms with van der Waals surface area (Å²) in [5.41, 5.74) is 1.31. The molecule has 0 saturated carbocycles. The van der Waals surface area contributed by atoms with Crippen LogP contribution in [0, 0.1) is 0 Å². The standard InChI is InChI=1S/C15H16N2O4S2/c1-20-14(19)9-2-3-11-12(6-9)23-15(17-11)22-8-13(18)16-10-4-5-21-7-10/h2-3,6,10H,4-5,7-8H2,1H3,(H,16,18)/t10-/m1/s1. The number of fused-ring (bicyclic) bond motifs is 1. The summed E-state index contributed by atoms with van der Waals surface area (Å²) in [4.78, 5) is 27.9. The predicted octanol–water partition coefficient (Wildman–Crippen LogP) is 2.08. The van der Waals surface area contributed by atoms with Gasteiger partial charge in [0.25, 0.3) is 0 Å². The van der Waals surface area contributed by atoms with Crippen LogP contribution in [0.4, 0.5) is 0 Å². The van der Waals surface area contributed by atoms with E-state index in [1.807, 2.05) is 0 Å². The molecule has 1 atom stereocenters. The molecule has 2 heterocycles. The highest BCUT2D eigenvalue weighted by molar-refractivity contribution is 8.01. The molecule has 1 fully saturated rings. The molecule has 0 unspecified atom stereocenters. The van der Waals surface area contributed by atoms with Gasteiger partial charge in [-0.1, -0.05) is 11.8 Å². The maximum absolute atomic E-state index is 11.9. The van der Waals surface area contributed by atoms with Crippen LogP contribution < -0.4 is 5.32 Å². The molecule has 23 heavy (non-hydrogen) atoms. The SMILES string of the molecule is COC(=O)c1ccc2nc(SCC(=O)N[C@@H]3CCOC3)sc2c1. The fraction of sp³-hybridized carbons (Fsp3) is 0.400. The molecule has 3 rings (SSSR count). The van der Waals surface area contributed by atoms with E-state index in [0.717, 1.165) is 21.0 Å². The highest BCUT2D eigenvalue weighted by Gasteiger charge is 2.18. The lowest BCUT2D eigenvalue weighted by molar-refractivity contribution is -0.119. The van der Waals surface area contributed by atoms with Crippen LogP contribution in [-0.2, 0) is 14.3 Å². The molecule has 122 valence electrons. The average molecular weight is 352 g/mol. The maximum atomic E-state index is 11.9. The zero-order valence-corrected chi connectivity index (χ0v) is 14.2. The van der Waals surface area contributed by atoms with Crippen molar-refractivity contribution in [2.45, 2.75) is 16.8 Å². The third kappa shape index (κ3) is 4.01. The Hall–Kier alpha value is -1.64. The van der Waals surface area contributed by atoms with Crippen molar-refractivity contribution in [2.24, 2.45) is 0 Å². The van der Waals surface area contributed by atoms with Crippen molar-refractivity contribution in [3.05, 3.63) is 23.8 Å². The van der Waals surface area contributed by atoms with Crippen LogP contribution in [0.15, 0.2) is 22.5 Å². The number of rotatable bonds is 5. The Kier molecular flexibility index (Phi) is 5.14. The van der Waals surface area contributed by atoms with Crippen molar-refractivity contribution >= 4 is 45.2 Å².